The van der Waals surface area contributed by atoms with Gasteiger partial charge in [0.25, 0.3) is 5.91 Å². The van der Waals surface area contributed by atoms with Crippen LogP contribution in [0.5, 0.6) is 17.2 Å². The fourth-order valence-electron chi connectivity index (χ4n) is 2.44. The van der Waals surface area contributed by atoms with Crippen molar-refractivity contribution < 1.29 is 23.8 Å². The Labute approximate surface area is 168 Å². The van der Waals surface area contributed by atoms with Gasteiger partial charge in [0, 0.05) is 0 Å². The van der Waals surface area contributed by atoms with Gasteiger partial charge in [-0.1, -0.05) is 30.3 Å². The smallest absolute Gasteiger partial charge is 0.349 e. The summed E-state index contributed by atoms with van der Waals surface area (Å²) < 4.78 is 16.1. The van der Waals surface area contributed by atoms with Gasteiger partial charge in [0.05, 0.1) is 7.11 Å². The molecule has 0 spiro atoms. The Morgan fingerprint density at radius 1 is 1.17 bits per heavy atom. The van der Waals surface area contributed by atoms with E-state index in [0.29, 0.717) is 17.7 Å². The first-order valence-electron chi connectivity index (χ1n) is 8.60. The van der Waals surface area contributed by atoms with Crippen LogP contribution in [0.15, 0.2) is 60.7 Å². The molecule has 7 heteroatoms. The van der Waals surface area contributed by atoms with Crippen molar-refractivity contribution in [2.45, 2.75) is 6.42 Å². The highest BCUT2D eigenvalue weighted by Crippen LogP contribution is 2.29. The van der Waals surface area contributed by atoms with Crippen molar-refractivity contribution >= 4 is 18.0 Å². The monoisotopic (exact) mass is 392 g/mol. The highest BCUT2D eigenvalue weighted by atomic mass is 16.6. The van der Waals surface area contributed by atoms with E-state index in [2.05, 4.69) is 6.58 Å². The van der Waals surface area contributed by atoms with Crippen LogP contribution in [0.4, 0.5) is 0 Å². The summed E-state index contributed by atoms with van der Waals surface area (Å²) in [4.78, 5) is 23.3. The lowest BCUT2D eigenvalue weighted by Crippen LogP contribution is -2.18. The van der Waals surface area contributed by atoms with Crippen LogP contribution in [-0.2, 0) is 16.0 Å². The van der Waals surface area contributed by atoms with E-state index in [1.165, 1.54) is 25.3 Å². The summed E-state index contributed by atoms with van der Waals surface area (Å²) in [6.07, 6.45) is 3.68. The van der Waals surface area contributed by atoms with Gasteiger partial charge in [-0.3, -0.25) is 4.79 Å². The van der Waals surface area contributed by atoms with E-state index >= 15 is 0 Å². The normalized spacial score (nSPS) is 10.6. The van der Waals surface area contributed by atoms with Crippen LogP contribution >= 0.6 is 0 Å². The zero-order valence-corrected chi connectivity index (χ0v) is 15.9. The summed E-state index contributed by atoms with van der Waals surface area (Å²) in [7, 11) is 1.40. The number of primary amides is 1. The molecule has 2 rings (SSSR count). The molecule has 0 fully saturated rings. The maximum atomic E-state index is 12.2. The minimum atomic E-state index is -0.837. The predicted octanol–water partition coefficient (Wildman–Crippen LogP) is 2.80. The Hall–Kier alpha value is -4.05. The summed E-state index contributed by atoms with van der Waals surface area (Å²) >= 11 is 0. The second kappa shape index (κ2) is 10.3. The molecule has 0 saturated heterocycles. The molecule has 148 valence electrons. The second-order valence-corrected chi connectivity index (χ2v) is 5.81. The summed E-state index contributed by atoms with van der Waals surface area (Å²) in [6.45, 7) is 3.41. The average Bonchev–Trinajstić information content (AvgIpc) is 2.72. The first-order chi connectivity index (χ1) is 14.0. The Kier molecular flexibility index (Phi) is 7.57. The van der Waals surface area contributed by atoms with Crippen molar-refractivity contribution in [2.75, 3.05) is 13.7 Å². The highest BCUT2D eigenvalue weighted by Gasteiger charge is 2.13. The third-order valence-electron chi connectivity index (χ3n) is 3.79. The molecular formula is C22H20N2O5. The molecule has 1 amide bonds. The topological polar surface area (TPSA) is 112 Å². The minimum absolute atomic E-state index is 0.176. The van der Waals surface area contributed by atoms with Gasteiger partial charge in [0.15, 0.2) is 18.1 Å². The van der Waals surface area contributed by atoms with E-state index in [-0.39, 0.29) is 23.7 Å². The Bertz CT molecular complexity index is 989. The molecule has 0 aliphatic carbocycles. The zero-order chi connectivity index (χ0) is 21.2. The van der Waals surface area contributed by atoms with Gasteiger partial charge in [0.2, 0.25) is 0 Å². The molecule has 0 radical (unpaired) electrons. The average molecular weight is 392 g/mol. The number of esters is 1. The van der Waals surface area contributed by atoms with Crippen molar-refractivity contribution in [3.05, 3.63) is 71.8 Å². The van der Waals surface area contributed by atoms with E-state index in [9.17, 15) is 9.59 Å². The van der Waals surface area contributed by atoms with Crippen molar-refractivity contribution in [3.8, 4) is 23.3 Å². The molecule has 0 aliphatic heterocycles. The number of allylic oxidation sites excluding steroid dienone is 1. The zero-order valence-electron chi connectivity index (χ0n) is 15.9. The molecule has 0 heterocycles. The number of amides is 1. The van der Waals surface area contributed by atoms with Gasteiger partial charge in [-0.15, -0.1) is 6.58 Å². The SMILES string of the molecule is C=CCc1ccccc1OCC(=O)Oc1ccc(/C=C(\C#N)C(N)=O)cc1OC. The van der Waals surface area contributed by atoms with Crippen LogP contribution in [0.25, 0.3) is 6.08 Å². The summed E-state index contributed by atoms with van der Waals surface area (Å²) in [5, 5.41) is 8.92. The highest BCUT2D eigenvalue weighted by molar-refractivity contribution is 6.00. The lowest BCUT2D eigenvalue weighted by atomic mass is 10.1. The largest absolute Gasteiger partial charge is 0.493 e. The van der Waals surface area contributed by atoms with Gasteiger partial charge in [0.1, 0.15) is 17.4 Å². The van der Waals surface area contributed by atoms with Crippen molar-refractivity contribution in [1.29, 1.82) is 5.26 Å². The molecule has 2 aromatic carbocycles. The number of rotatable bonds is 9. The van der Waals surface area contributed by atoms with Gasteiger partial charge < -0.3 is 19.9 Å². The third kappa shape index (κ3) is 5.97. The van der Waals surface area contributed by atoms with Crippen molar-refractivity contribution in [1.82, 2.24) is 0 Å². The first kappa shape index (κ1) is 21.3. The third-order valence-corrected chi connectivity index (χ3v) is 3.79. The number of methoxy groups -OCH3 is 1. The Morgan fingerprint density at radius 3 is 2.59 bits per heavy atom. The molecule has 0 saturated carbocycles. The van der Waals surface area contributed by atoms with Crippen LogP contribution in [0.2, 0.25) is 0 Å². The number of carbonyl (C=O) groups is 2. The van der Waals surface area contributed by atoms with E-state index in [0.717, 1.165) is 5.56 Å². The molecule has 7 nitrogen and oxygen atoms in total. The molecule has 0 bridgehead atoms. The molecule has 0 unspecified atom stereocenters. The lowest BCUT2D eigenvalue weighted by Gasteiger charge is -2.12. The standard InChI is InChI=1S/C22H20N2O5/c1-3-6-16-7-4-5-8-18(16)28-14-21(25)29-19-10-9-15(12-20(19)27-2)11-17(13-23)22(24)26/h3-5,7-12H,1,6,14H2,2H3,(H2,24,26)/b17-11+. The van der Waals surface area contributed by atoms with E-state index in [4.69, 9.17) is 25.2 Å². The van der Waals surface area contributed by atoms with Gasteiger partial charge >= 0.3 is 5.97 Å². The summed E-state index contributed by atoms with van der Waals surface area (Å²) in [6, 6.07) is 13.6. The second-order valence-electron chi connectivity index (χ2n) is 5.81. The number of nitrogens with zero attached hydrogens (tertiary/aromatic N) is 1. The summed E-state index contributed by atoms with van der Waals surface area (Å²) in [5.74, 6) is -0.450. The van der Waals surface area contributed by atoms with Crippen LogP contribution in [0, 0.1) is 11.3 Å². The lowest BCUT2D eigenvalue weighted by molar-refractivity contribution is -0.136. The predicted molar refractivity (Wildman–Crippen MR) is 107 cm³/mol. The van der Waals surface area contributed by atoms with Crippen LogP contribution < -0.4 is 19.9 Å². The maximum Gasteiger partial charge on any atom is 0.349 e. The summed E-state index contributed by atoms with van der Waals surface area (Å²) in [5.41, 5.74) is 6.32. The molecule has 0 aliphatic rings. The first-order valence-corrected chi connectivity index (χ1v) is 8.60. The Balaban J connectivity index is 2.10. The quantitative estimate of drug-likeness (QED) is 0.231. The van der Waals surface area contributed by atoms with E-state index in [1.807, 2.05) is 18.2 Å². The van der Waals surface area contributed by atoms with Crippen molar-refractivity contribution in [2.24, 2.45) is 5.73 Å². The van der Waals surface area contributed by atoms with E-state index < -0.39 is 11.9 Å². The number of para-hydroxylation sites is 1. The Morgan fingerprint density at radius 2 is 1.93 bits per heavy atom. The van der Waals surface area contributed by atoms with Crippen LogP contribution in [0.1, 0.15) is 11.1 Å². The van der Waals surface area contributed by atoms with Crippen LogP contribution in [-0.4, -0.2) is 25.6 Å². The van der Waals surface area contributed by atoms with Gasteiger partial charge in [-0.2, -0.15) is 5.26 Å². The van der Waals surface area contributed by atoms with Crippen molar-refractivity contribution in [3.63, 3.8) is 0 Å². The number of carbonyl (C=O) groups excluding carboxylic acids is 2. The minimum Gasteiger partial charge on any atom is -0.493 e. The fourth-order valence-corrected chi connectivity index (χ4v) is 2.44. The fraction of sp³-hybridized carbons (Fsp3) is 0.136. The number of hydrogen-bond acceptors (Lipinski definition) is 6. The van der Waals surface area contributed by atoms with E-state index in [1.54, 1.807) is 24.3 Å². The molecular weight excluding hydrogens is 372 g/mol. The van der Waals surface area contributed by atoms with Gasteiger partial charge in [-0.25, -0.2) is 4.79 Å². The molecule has 29 heavy (non-hydrogen) atoms. The molecule has 2 aromatic rings. The number of ether oxygens (including phenoxy) is 3. The molecule has 0 atom stereocenters. The maximum absolute atomic E-state index is 12.2. The molecule has 2 N–H and O–H groups in total. The number of nitriles is 1. The molecule has 0 aromatic heterocycles. The number of benzene rings is 2. The van der Waals surface area contributed by atoms with Crippen LogP contribution in [0.3, 0.4) is 0 Å². The van der Waals surface area contributed by atoms with Gasteiger partial charge in [-0.05, 0) is 41.8 Å². The number of nitrogens with two attached hydrogens (primary N) is 1. The number of hydrogen-bond donors (Lipinski definition) is 1.